The van der Waals surface area contributed by atoms with Crippen molar-refractivity contribution in [2.45, 2.75) is 26.2 Å². The van der Waals surface area contributed by atoms with Crippen LogP contribution in [0.2, 0.25) is 0 Å². The minimum absolute atomic E-state index is 0.0664. The molecule has 2 heterocycles. The van der Waals surface area contributed by atoms with Gasteiger partial charge in [-0.15, -0.1) is 0 Å². The molecule has 0 saturated carbocycles. The monoisotopic (exact) mass is 236 g/mol. The van der Waals surface area contributed by atoms with Gasteiger partial charge in [0.25, 0.3) is 0 Å². The average molecular weight is 236 g/mol. The minimum atomic E-state index is -0.0843. The van der Waals surface area contributed by atoms with Crippen LogP contribution in [0.1, 0.15) is 25.6 Å². The highest BCUT2D eigenvalue weighted by Crippen LogP contribution is 2.30. The van der Waals surface area contributed by atoms with Crippen molar-refractivity contribution < 1.29 is 9.84 Å². The third-order valence-corrected chi connectivity index (χ3v) is 2.86. The molecule has 1 saturated heterocycles. The summed E-state index contributed by atoms with van der Waals surface area (Å²) in [5.41, 5.74) is 1.06. The van der Waals surface area contributed by atoms with Crippen molar-refractivity contribution in [1.82, 2.24) is 9.88 Å². The van der Waals surface area contributed by atoms with Crippen LogP contribution in [0.4, 0.5) is 0 Å². The number of pyridine rings is 1. The zero-order valence-corrected chi connectivity index (χ0v) is 10.4. The van der Waals surface area contributed by atoms with E-state index in [2.05, 4.69) is 23.7 Å². The first-order chi connectivity index (χ1) is 8.20. The quantitative estimate of drug-likeness (QED) is 0.859. The number of aromatic nitrogens is 1. The predicted octanol–water partition coefficient (Wildman–Crippen LogP) is 1.43. The maximum atomic E-state index is 9.22. The van der Waals surface area contributed by atoms with Crippen molar-refractivity contribution in [3.8, 4) is 0 Å². The van der Waals surface area contributed by atoms with Gasteiger partial charge in [0, 0.05) is 31.0 Å². The summed E-state index contributed by atoms with van der Waals surface area (Å²) in [6.45, 7) is 6.20. The normalized spacial score (nSPS) is 25.6. The van der Waals surface area contributed by atoms with E-state index in [-0.39, 0.29) is 18.9 Å². The number of nitrogens with zero attached hydrogens (tertiary/aromatic N) is 2. The molecule has 1 aromatic rings. The van der Waals surface area contributed by atoms with Crippen molar-refractivity contribution in [2.75, 3.05) is 19.7 Å². The maximum absolute atomic E-state index is 9.22. The molecular weight excluding hydrogens is 216 g/mol. The second-order valence-electron chi connectivity index (χ2n) is 4.93. The lowest BCUT2D eigenvalue weighted by Gasteiger charge is -2.24. The van der Waals surface area contributed by atoms with Gasteiger partial charge in [0.05, 0.1) is 12.7 Å². The molecule has 2 rings (SSSR count). The van der Waals surface area contributed by atoms with E-state index < -0.39 is 0 Å². The zero-order valence-electron chi connectivity index (χ0n) is 10.4. The molecule has 0 radical (unpaired) electrons. The van der Waals surface area contributed by atoms with Crippen LogP contribution >= 0.6 is 0 Å². The van der Waals surface area contributed by atoms with Gasteiger partial charge < -0.3 is 9.84 Å². The van der Waals surface area contributed by atoms with Crippen molar-refractivity contribution in [1.29, 1.82) is 0 Å². The molecule has 1 N–H and O–H groups in total. The summed E-state index contributed by atoms with van der Waals surface area (Å²) in [6, 6.07) is 3.93. The third-order valence-electron chi connectivity index (χ3n) is 2.86. The lowest BCUT2D eigenvalue weighted by Crippen LogP contribution is -2.29. The highest BCUT2D eigenvalue weighted by molar-refractivity contribution is 5.13. The van der Waals surface area contributed by atoms with E-state index in [0.717, 1.165) is 18.7 Å². The van der Waals surface area contributed by atoms with E-state index in [1.165, 1.54) is 0 Å². The van der Waals surface area contributed by atoms with E-state index in [9.17, 15) is 5.11 Å². The second kappa shape index (κ2) is 5.58. The molecule has 1 fully saturated rings. The summed E-state index contributed by atoms with van der Waals surface area (Å²) < 4.78 is 5.85. The number of ether oxygens (including phenoxy) is 1. The Morgan fingerprint density at radius 3 is 3.00 bits per heavy atom. The van der Waals surface area contributed by atoms with Crippen LogP contribution < -0.4 is 0 Å². The van der Waals surface area contributed by atoms with Crippen LogP contribution in [0, 0.1) is 5.92 Å². The van der Waals surface area contributed by atoms with E-state index in [1.54, 1.807) is 6.20 Å². The summed E-state index contributed by atoms with van der Waals surface area (Å²) in [5.74, 6) is 0.579. The molecule has 0 aliphatic carbocycles. The molecule has 0 bridgehead atoms. The van der Waals surface area contributed by atoms with Gasteiger partial charge in [-0.05, 0) is 12.0 Å². The van der Waals surface area contributed by atoms with Crippen LogP contribution in [0.15, 0.2) is 24.5 Å². The Morgan fingerprint density at radius 2 is 2.41 bits per heavy atom. The summed E-state index contributed by atoms with van der Waals surface area (Å²) in [4.78, 5) is 6.39. The predicted molar refractivity (Wildman–Crippen MR) is 65.3 cm³/mol. The molecule has 2 atom stereocenters. The molecule has 1 aromatic heterocycles. The van der Waals surface area contributed by atoms with Gasteiger partial charge in [-0.3, -0.25) is 9.88 Å². The Kier molecular flexibility index (Phi) is 4.10. The molecule has 4 nitrogen and oxygen atoms in total. The van der Waals surface area contributed by atoms with Gasteiger partial charge >= 0.3 is 0 Å². The fraction of sp³-hybridized carbons (Fsp3) is 0.615. The maximum Gasteiger partial charge on any atom is 0.138 e. The number of aliphatic hydroxyl groups is 1. The molecular formula is C13H20N2O2. The smallest absolute Gasteiger partial charge is 0.138 e. The first-order valence-electron chi connectivity index (χ1n) is 6.11. The van der Waals surface area contributed by atoms with Gasteiger partial charge in [-0.2, -0.15) is 0 Å². The van der Waals surface area contributed by atoms with Gasteiger partial charge in [-0.25, -0.2) is 0 Å². The van der Waals surface area contributed by atoms with Crippen LogP contribution in [0.3, 0.4) is 0 Å². The topological polar surface area (TPSA) is 45.6 Å². The number of aliphatic hydroxyl groups excluding tert-OH is 1. The fourth-order valence-electron chi connectivity index (χ4n) is 2.22. The standard InChI is InChI=1S/C13H20N2O2/c1-10(2)7-15-8-12(9-16)17-13(15)11-4-3-5-14-6-11/h3-6,10,12-13,16H,7-9H2,1-2H3. The SMILES string of the molecule is CC(C)CN1CC(CO)OC1c1cccnc1. The Balaban J connectivity index is 2.12. The van der Waals surface area contributed by atoms with Gasteiger partial charge in [0.15, 0.2) is 0 Å². The van der Waals surface area contributed by atoms with Crippen molar-refractivity contribution >= 4 is 0 Å². The van der Waals surface area contributed by atoms with E-state index in [4.69, 9.17) is 4.74 Å². The molecule has 2 unspecified atom stereocenters. The van der Waals surface area contributed by atoms with Crippen LogP contribution in [0.5, 0.6) is 0 Å². The molecule has 0 aromatic carbocycles. The average Bonchev–Trinajstić information content (AvgIpc) is 2.72. The van der Waals surface area contributed by atoms with Crippen molar-refractivity contribution in [2.24, 2.45) is 5.92 Å². The Hall–Kier alpha value is -0.970. The van der Waals surface area contributed by atoms with Crippen LogP contribution in [0.25, 0.3) is 0 Å². The zero-order chi connectivity index (χ0) is 12.3. The number of hydrogen-bond donors (Lipinski definition) is 1. The largest absolute Gasteiger partial charge is 0.394 e. The van der Waals surface area contributed by atoms with Crippen molar-refractivity contribution in [3.63, 3.8) is 0 Å². The first kappa shape index (κ1) is 12.5. The lowest BCUT2D eigenvalue weighted by atomic mass is 10.1. The van der Waals surface area contributed by atoms with E-state index in [0.29, 0.717) is 5.92 Å². The summed E-state index contributed by atoms with van der Waals surface area (Å²) >= 11 is 0. The minimum Gasteiger partial charge on any atom is -0.394 e. The van der Waals surface area contributed by atoms with Gasteiger partial charge in [0.2, 0.25) is 0 Å². The molecule has 0 amide bonds. The number of hydrogen-bond acceptors (Lipinski definition) is 4. The van der Waals surface area contributed by atoms with Gasteiger partial charge in [-0.1, -0.05) is 19.9 Å². The molecule has 0 spiro atoms. The highest BCUT2D eigenvalue weighted by Gasteiger charge is 2.33. The highest BCUT2D eigenvalue weighted by atomic mass is 16.5. The van der Waals surface area contributed by atoms with E-state index >= 15 is 0 Å². The Bertz CT molecular complexity index is 343. The number of rotatable bonds is 4. The first-order valence-corrected chi connectivity index (χ1v) is 6.11. The molecule has 4 heteroatoms. The lowest BCUT2D eigenvalue weighted by molar-refractivity contribution is -0.0220. The Labute approximate surface area is 102 Å². The molecule has 17 heavy (non-hydrogen) atoms. The summed E-state index contributed by atoms with van der Waals surface area (Å²) in [7, 11) is 0. The Morgan fingerprint density at radius 1 is 1.59 bits per heavy atom. The van der Waals surface area contributed by atoms with Crippen LogP contribution in [-0.2, 0) is 4.74 Å². The van der Waals surface area contributed by atoms with Gasteiger partial charge in [0.1, 0.15) is 6.23 Å². The fourth-order valence-corrected chi connectivity index (χ4v) is 2.22. The van der Waals surface area contributed by atoms with E-state index in [1.807, 2.05) is 18.3 Å². The summed E-state index contributed by atoms with van der Waals surface area (Å²) in [6.07, 6.45) is 3.44. The van der Waals surface area contributed by atoms with Crippen molar-refractivity contribution in [3.05, 3.63) is 30.1 Å². The van der Waals surface area contributed by atoms with Crippen LogP contribution in [-0.4, -0.2) is 40.8 Å². The molecule has 94 valence electrons. The summed E-state index contributed by atoms with van der Waals surface area (Å²) in [5, 5.41) is 9.22. The second-order valence-corrected chi connectivity index (χ2v) is 4.93. The molecule has 1 aliphatic rings. The third kappa shape index (κ3) is 3.03. The molecule has 1 aliphatic heterocycles.